The number of rotatable bonds is 8. The van der Waals surface area contributed by atoms with Gasteiger partial charge in [-0.2, -0.15) is 0 Å². The highest BCUT2D eigenvalue weighted by atomic mass is 79.9. The monoisotopic (exact) mass is 611 g/mol. The first kappa shape index (κ1) is 28.5. The van der Waals surface area contributed by atoms with E-state index in [4.69, 9.17) is 0 Å². The van der Waals surface area contributed by atoms with Crippen LogP contribution in [0, 0.1) is 0 Å². The minimum absolute atomic E-state index is 0.0241. The van der Waals surface area contributed by atoms with E-state index in [9.17, 15) is 22.8 Å². The minimum Gasteiger partial charge on any atom is -0.350 e. The molecule has 0 bridgehead atoms. The summed E-state index contributed by atoms with van der Waals surface area (Å²) >= 11 is 3.41. The van der Waals surface area contributed by atoms with Crippen molar-refractivity contribution in [3.8, 4) is 0 Å². The molecule has 1 aliphatic rings. The topological polar surface area (TPSA) is 104 Å². The number of nitrogens with zero attached hydrogens (tertiary/aromatic N) is 2. The Hall–Kier alpha value is -3.50. The van der Waals surface area contributed by atoms with Gasteiger partial charge in [-0.05, 0) is 56.2 Å². The molecule has 0 fully saturated rings. The summed E-state index contributed by atoms with van der Waals surface area (Å²) in [6.45, 7) is 4.85. The summed E-state index contributed by atoms with van der Waals surface area (Å²) in [5.41, 5.74) is 1.02. The van der Waals surface area contributed by atoms with Crippen LogP contribution in [0.1, 0.15) is 42.3 Å². The van der Waals surface area contributed by atoms with Crippen molar-refractivity contribution in [2.24, 2.45) is 0 Å². The third kappa shape index (κ3) is 6.57. The molecule has 1 unspecified atom stereocenters. The highest BCUT2D eigenvalue weighted by molar-refractivity contribution is 9.10. The van der Waals surface area contributed by atoms with Gasteiger partial charge in [-0.25, -0.2) is 12.7 Å². The van der Waals surface area contributed by atoms with Gasteiger partial charge in [0.05, 0.1) is 5.56 Å². The standard InChI is InChI=1S/C29H30BrN3O5S/c1-29(2,3)31-27(35)24(17-20-9-5-4-6-10-20)32(18-21-13-15-22(30)16-14-21)26(34)19-33-28(36)23-11-7-8-12-25(23)39(33,37)38/h4-16,24H,17-19H2,1-3H3,(H,31,35). The molecule has 3 aromatic rings. The first-order valence-corrected chi connectivity index (χ1v) is 14.7. The Morgan fingerprint density at radius 3 is 2.15 bits per heavy atom. The predicted octanol–water partition coefficient (Wildman–Crippen LogP) is 4.15. The van der Waals surface area contributed by atoms with Crippen molar-refractivity contribution in [2.45, 2.75) is 50.2 Å². The van der Waals surface area contributed by atoms with Crippen LogP contribution in [-0.2, 0) is 32.6 Å². The summed E-state index contributed by atoms with van der Waals surface area (Å²) in [6, 6.07) is 21.5. The molecule has 3 aromatic carbocycles. The minimum atomic E-state index is -4.21. The largest absolute Gasteiger partial charge is 0.350 e. The van der Waals surface area contributed by atoms with E-state index >= 15 is 0 Å². The van der Waals surface area contributed by atoms with Gasteiger partial charge in [-0.15, -0.1) is 0 Å². The van der Waals surface area contributed by atoms with Crippen molar-refractivity contribution < 1.29 is 22.8 Å². The molecule has 0 spiro atoms. The molecule has 1 aliphatic heterocycles. The van der Waals surface area contributed by atoms with Gasteiger partial charge in [0.25, 0.3) is 15.9 Å². The van der Waals surface area contributed by atoms with Crippen LogP contribution < -0.4 is 5.32 Å². The lowest BCUT2D eigenvalue weighted by atomic mass is 10.0. The van der Waals surface area contributed by atoms with Crippen molar-refractivity contribution in [3.63, 3.8) is 0 Å². The van der Waals surface area contributed by atoms with E-state index in [-0.39, 0.29) is 29.3 Å². The normalized spacial score (nSPS) is 15.0. The van der Waals surface area contributed by atoms with E-state index in [1.165, 1.54) is 23.1 Å². The van der Waals surface area contributed by atoms with Crippen LogP contribution >= 0.6 is 15.9 Å². The third-order valence-corrected chi connectivity index (χ3v) is 8.54. The molecule has 0 saturated carbocycles. The van der Waals surface area contributed by atoms with Gasteiger partial charge in [-0.3, -0.25) is 14.4 Å². The zero-order chi connectivity index (χ0) is 28.4. The second-order valence-corrected chi connectivity index (χ2v) is 13.2. The number of halogens is 1. The maximum absolute atomic E-state index is 13.9. The van der Waals surface area contributed by atoms with Gasteiger partial charge < -0.3 is 10.2 Å². The Bertz CT molecular complexity index is 1490. The molecule has 1 N–H and O–H groups in total. The van der Waals surface area contributed by atoms with E-state index in [1.54, 1.807) is 6.07 Å². The van der Waals surface area contributed by atoms with Crippen LogP contribution in [0.25, 0.3) is 0 Å². The molecule has 204 valence electrons. The lowest BCUT2D eigenvalue weighted by molar-refractivity contribution is -0.141. The Morgan fingerprint density at radius 2 is 1.54 bits per heavy atom. The lowest BCUT2D eigenvalue weighted by Crippen LogP contribution is -2.56. The zero-order valence-corrected chi connectivity index (χ0v) is 24.3. The number of fused-ring (bicyclic) bond motifs is 1. The van der Waals surface area contributed by atoms with Crippen LogP contribution in [0.3, 0.4) is 0 Å². The molecule has 0 radical (unpaired) electrons. The maximum Gasteiger partial charge on any atom is 0.269 e. The Morgan fingerprint density at radius 1 is 0.923 bits per heavy atom. The fourth-order valence-electron chi connectivity index (χ4n) is 4.39. The number of nitrogens with one attached hydrogen (secondary N) is 1. The van der Waals surface area contributed by atoms with E-state index < -0.39 is 40.0 Å². The number of hydrogen-bond acceptors (Lipinski definition) is 5. The number of carbonyl (C=O) groups excluding carboxylic acids is 3. The number of carbonyl (C=O) groups is 3. The van der Waals surface area contributed by atoms with E-state index in [2.05, 4.69) is 21.2 Å². The summed E-state index contributed by atoms with van der Waals surface area (Å²) in [5, 5.41) is 2.96. The molecule has 1 heterocycles. The summed E-state index contributed by atoms with van der Waals surface area (Å²) in [6.07, 6.45) is 0.200. The molecular weight excluding hydrogens is 582 g/mol. The second-order valence-electron chi connectivity index (χ2n) is 10.4. The van der Waals surface area contributed by atoms with Crippen molar-refractivity contribution >= 4 is 43.7 Å². The van der Waals surface area contributed by atoms with Crippen LogP contribution in [-0.4, -0.2) is 53.5 Å². The van der Waals surface area contributed by atoms with Gasteiger partial charge in [0, 0.05) is 23.0 Å². The average Bonchev–Trinajstić information content (AvgIpc) is 3.07. The zero-order valence-electron chi connectivity index (χ0n) is 21.9. The quantitative estimate of drug-likeness (QED) is 0.412. The highest BCUT2D eigenvalue weighted by Crippen LogP contribution is 2.30. The van der Waals surface area contributed by atoms with Crippen LogP contribution in [0.2, 0.25) is 0 Å². The lowest BCUT2D eigenvalue weighted by Gasteiger charge is -2.34. The van der Waals surface area contributed by atoms with Gasteiger partial charge in [0.2, 0.25) is 11.8 Å². The maximum atomic E-state index is 13.9. The number of amides is 3. The summed E-state index contributed by atoms with van der Waals surface area (Å²) in [7, 11) is -4.21. The number of benzene rings is 3. The fraction of sp³-hybridized carbons (Fsp3) is 0.276. The van der Waals surface area contributed by atoms with Crippen molar-refractivity contribution in [1.29, 1.82) is 0 Å². The molecule has 8 nitrogen and oxygen atoms in total. The van der Waals surface area contributed by atoms with Gasteiger partial charge in [0.15, 0.2) is 0 Å². The molecule has 0 aliphatic carbocycles. The molecular formula is C29H30BrN3O5S. The van der Waals surface area contributed by atoms with Gasteiger partial charge in [-0.1, -0.05) is 70.5 Å². The Labute approximate surface area is 237 Å². The highest BCUT2D eigenvalue weighted by Gasteiger charge is 2.43. The number of hydrogen-bond donors (Lipinski definition) is 1. The van der Waals surface area contributed by atoms with Crippen molar-refractivity contribution in [3.05, 3.63) is 100 Å². The Balaban J connectivity index is 1.72. The van der Waals surface area contributed by atoms with Gasteiger partial charge in [0.1, 0.15) is 17.5 Å². The molecule has 39 heavy (non-hydrogen) atoms. The van der Waals surface area contributed by atoms with Gasteiger partial charge >= 0.3 is 0 Å². The molecule has 3 amide bonds. The molecule has 1 atom stereocenters. The average molecular weight is 613 g/mol. The first-order chi connectivity index (χ1) is 18.4. The fourth-order valence-corrected chi connectivity index (χ4v) is 6.18. The number of sulfonamides is 1. The Kier molecular flexibility index (Phi) is 8.27. The molecule has 0 aromatic heterocycles. The van der Waals surface area contributed by atoms with E-state index in [1.807, 2.05) is 75.4 Å². The van der Waals surface area contributed by atoms with E-state index in [0.717, 1.165) is 15.6 Å². The van der Waals surface area contributed by atoms with E-state index in [0.29, 0.717) is 4.31 Å². The first-order valence-electron chi connectivity index (χ1n) is 12.4. The van der Waals surface area contributed by atoms with Crippen molar-refractivity contribution in [2.75, 3.05) is 6.54 Å². The van der Waals surface area contributed by atoms with Crippen LogP contribution in [0.5, 0.6) is 0 Å². The van der Waals surface area contributed by atoms with Crippen molar-refractivity contribution in [1.82, 2.24) is 14.5 Å². The third-order valence-electron chi connectivity index (χ3n) is 6.23. The predicted molar refractivity (Wildman–Crippen MR) is 151 cm³/mol. The summed E-state index contributed by atoms with van der Waals surface area (Å²) < 4.78 is 27.8. The summed E-state index contributed by atoms with van der Waals surface area (Å²) in [4.78, 5) is 41.9. The molecule has 0 saturated heterocycles. The molecule has 4 rings (SSSR count). The summed E-state index contributed by atoms with van der Waals surface area (Å²) in [5.74, 6) is -1.80. The van der Waals surface area contributed by atoms with Crippen LogP contribution in [0.4, 0.5) is 0 Å². The van der Waals surface area contributed by atoms with Crippen LogP contribution in [0.15, 0.2) is 88.2 Å². The second kappa shape index (κ2) is 11.3. The SMILES string of the molecule is CC(C)(C)NC(=O)C(Cc1ccccc1)N(Cc1ccc(Br)cc1)C(=O)CN1C(=O)c2ccccc2S1(=O)=O. The smallest absolute Gasteiger partial charge is 0.269 e. The molecule has 10 heteroatoms.